The van der Waals surface area contributed by atoms with Gasteiger partial charge in [0.2, 0.25) is 5.91 Å². The number of hydrogen-bond donors (Lipinski definition) is 2. The fraction of sp³-hybridized carbons (Fsp3) is 0.312. The van der Waals surface area contributed by atoms with E-state index < -0.39 is 0 Å². The Morgan fingerprint density at radius 2 is 1.82 bits per heavy atom. The van der Waals surface area contributed by atoms with E-state index in [9.17, 15) is 14.4 Å². The molecule has 1 amide bonds. The highest BCUT2D eigenvalue weighted by Crippen LogP contribution is 2.17. The van der Waals surface area contributed by atoms with E-state index in [1.54, 1.807) is 0 Å². The highest BCUT2D eigenvalue weighted by Gasteiger charge is 2.05. The molecule has 0 aliphatic carbocycles. The lowest BCUT2D eigenvalue weighted by Crippen LogP contribution is -2.29. The monoisotopic (exact) mass is 301 g/mol. The standard InChI is InChI=1S/C16H19N3O3/c1-11(2)12-3-5-13(6-4-12)17-14(20)9-10-19-16(22)8-7-15(21)18-19/h3-8,11H,9-10H2,1-2H3,(H,17,20)(H,18,21). The van der Waals surface area contributed by atoms with Crippen molar-refractivity contribution in [1.82, 2.24) is 9.78 Å². The van der Waals surface area contributed by atoms with Crippen LogP contribution in [0.25, 0.3) is 0 Å². The second-order valence-electron chi connectivity index (χ2n) is 5.37. The third-order valence-corrected chi connectivity index (χ3v) is 3.31. The second-order valence-corrected chi connectivity index (χ2v) is 5.37. The molecule has 22 heavy (non-hydrogen) atoms. The molecule has 2 aromatic rings. The van der Waals surface area contributed by atoms with Crippen LogP contribution in [0.1, 0.15) is 31.7 Å². The Bertz CT molecular complexity index is 757. The molecule has 1 aromatic carbocycles. The van der Waals surface area contributed by atoms with Crippen molar-refractivity contribution in [2.75, 3.05) is 5.32 Å². The number of rotatable bonds is 5. The average molecular weight is 301 g/mol. The Hall–Kier alpha value is -2.63. The third kappa shape index (κ3) is 4.18. The van der Waals surface area contributed by atoms with Gasteiger partial charge in [-0.3, -0.25) is 19.5 Å². The van der Waals surface area contributed by atoms with Crippen LogP contribution in [-0.2, 0) is 11.3 Å². The predicted molar refractivity (Wildman–Crippen MR) is 85.1 cm³/mol. The Labute approximate surface area is 127 Å². The second kappa shape index (κ2) is 6.89. The number of nitrogens with one attached hydrogen (secondary N) is 2. The van der Waals surface area contributed by atoms with Crippen molar-refractivity contribution in [3.63, 3.8) is 0 Å². The zero-order valence-electron chi connectivity index (χ0n) is 12.6. The average Bonchev–Trinajstić information content (AvgIpc) is 2.49. The number of nitrogens with zero attached hydrogens (tertiary/aromatic N) is 1. The van der Waals surface area contributed by atoms with Crippen LogP contribution in [0.5, 0.6) is 0 Å². The van der Waals surface area contributed by atoms with Gasteiger partial charge in [0.25, 0.3) is 11.1 Å². The topological polar surface area (TPSA) is 84.0 Å². The molecule has 0 bridgehead atoms. The summed E-state index contributed by atoms with van der Waals surface area (Å²) in [7, 11) is 0. The molecule has 1 aromatic heterocycles. The maximum absolute atomic E-state index is 11.9. The van der Waals surface area contributed by atoms with Gasteiger partial charge >= 0.3 is 0 Å². The summed E-state index contributed by atoms with van der Waals surface area (Å²) >= 11 is 0. The first-order valence-corrected chi connectivity index (χ1v) is 7.15. The zero-order chi connectivity index (χ0) is 16.1. The fourth-order valence-electron chi connectivity index (χ4n) is 2.02. The lowest BCUT2D eigenvalue weighted by Gasteiger charge is -2.09. The summed E-state index contributed by atoms with van der Waals surface area (Å²) < 4.78 is 1.13. The fourth-order valence-corrected chi connectivity index (χ4v) is 2.02. The largest absolute Gasteiger partial charge is 0.326 e. The number of carbonyl (C=O) groups is 1. The molecule has 2 N–H and O–H groups in total. The summed E-state index contributed by atoms with van der Waals surface area (Å²) in [5.41, 5.74) is 1.20. The lowest BCUT2D eigenvalue weighted by atomic mass is 10.0. The molecule has 0 fully saturated rings. The maximum Gasteiger partial charge on any atom is 0.265 e. The summed E-state index contributed by atoms with van der Waals surface area (Å²) in [5.74, 6) is 0.223. The molecular weight excluding hydrogens is 282 g/mol. The van der Waals surface area contributed by atoms with Gasteiger partial charge in [-0.1, -0.05) is 26.0 Å². The Balaban J connectivity index is 1.94. The van der Waals surface area contributed by atoms with Crippen molar-refractivity contribution in [2.24, 2.45) is 0 Å². The molecule has 116 valence electrons. The number of hydrogen-bond acceptors (Lipinski definition) is 3. The van der Waals surface area contributed by atoms with Crippen LogP contribution >= 0.6 is 0 Å². The SMILES string of the molecule is CC(C)c1ccc(NC(=O)CCn2[nH]c(=O)ccc2=O)cc1. The predicted octanol–water partition coefficient (Wildman–Crippen LogP) is 1.69. The van der Waals surface area contributed by atoms with Gasteiger partial charge < -0.3 is 5.32 Å². The molecule has 2 rings (SSSR count). The van der Waals surface area contributed by atoms with Crippen molar-refractivity contribution < 1.29 is 4.79 Å². The molecule has 0 radical (unpaired) electrons. The number of aromatic nitrogens is 2. The van der Waals surface area contributed by atoms with Crippen LogP contribution in [0, 0.1) is 0 Å². The minimum Gasteiger partial charge on any atom is -0.326 e. The molecule has 1 heterocycles. The lowest BCUT2D eigenvalue weighted by molar-refractivity contribution is -0.116. The minimum atomic E-state index is -0.371. The summed E-state index contributed by atoms with van der Waals surface area (Å²) in [6.07, 6.45) is 0.103. The maximum atomic E-state index is 11.9. The van der Waals surface area contributed by atoms with E-state index >= 15 is 0 Å². The Morgan fingerprint density at radius 3 is 2.45 bits per heavy atom. The molecule has 6 nitrogen and oxygen atoms in total. The summed E-state index contributed by atoms with van der Waals surface area (Å²) in [6.45, 7) is 4.34. The highest BCUT2D eigenvalue weighted by atomic mass is 16.2. The van der Waals surface area contributed by atoms with Gasteiger partial charge in [0.15, 0.2) is 0 Å². The minimum absolute atomic E-state index is 0.103. The Kier molecular flexibility index (Phi) is 4.93. The number of H-pyrrole nitrogens is 1. The molecule has 0 aliphatic heterocycles. The quantitative estimate of drug-likeness (QED) is 0.881. The van der Waals surface area contributed by atoms with E-state index in [4.69, 9.17) is 0 Å². The van der Waals surface area contributed by atoms with Crippen molar-refractivity contribution in [3.8, 4) is 0 Å². The number of anilines is 1. The van der Waals surface area contributed by atoms with Crippen molar-refractivity contribution >= 4 is 11.6 Å². The molecule has 0 spiro atoms. The first-order valence-electron chi connectivity index (χ1n) is 7.15. The van der Waals surface area contributed by atoms with Crippen LogP contribution in [0.15, 0.2) is 46.0 Å². The summed E-state index contributed by atoms with van der Waals surface area (Å²) in [5, 5.41) is 5.15. The van der Waals surface area contributed by atoms with Crippen molar-refractivity contribution in [3.05, 3.63) is 62.7 Å². The van der Waals surface area contributed by atoms with Gasteiger partial charge in [0.05, 0.1) is 6.54 Å². The van der Waals surface area contributed by atoms with Crippen LogP contribution in [0.4, 0.5) is 5.69 Å². The van der Waals surface area contributed by atoms with Gasteiger partial charge in [-0.05, 0) is 23.6 Å². The first kappa shape index (κ1) is 15.8. The van der Waals surface area contributed by atoms with E-state index in [1.807, 2.05) is 24.3 Å². The van der Waals surface area contributed by atoms with Crippen LogP contribution < -0.4 is 16.4 Å². The molecule has 0 atom stereocenters. The van der Waals surface area contributed by atoms with E-state index in [0.717, 1.165) is 10.7 Å². The normalized spacial score (nSPS) is 10.7. The first-order chi connectivity index (χ1) is 10.5. The number of benzene rings is 1. The van der Waals surface area contributed by atoms with Crippen molar-refractivity contribution in [1.29, 1.82) is 0 Å². The molecule has 0 unspecified atom stereocenters. The molecule has 6 heteroatoms. The number of amides is 1. The van der Waals surface area contributed by atoms with Gasteiger partial charge in [-0.25, -0.2) is 4.68 Å². The van der Waals surface area contributed by atoms with Gasteiger partial charge in [0, 0.05) is 24.2 Å². The Morgan fingerprint density at radius 1 is 1.14 bits per heavy atom. The third-order valence-electron chi connectivity index (χ3n) is 3.31. The van der Waals surface area contributed by atoms with Gasteiger partial charge in [-0.2, -0.15) is 0 Å². The zero-order valence-corrected chi connectivity index (χ0v) is 12.6. The molecule has 0 saturated heterocycles. The summed E-state index contributed by atoms with van der Waals surface area (Å²) in [6, 6.07) is 9.99. The summed E-state index contributed by atoms with van der Waals surface area (Å²) in [4.78, 5) is 34.5. The van der Waals surface area contributed by atoms with E-state index in [-0.39, 0.29) is 30.0 Å². The van der Waals surface area contributed by atoms with E-state index in [1.165, 1.54) is 11.6 Å². The van der Waals surface area contributed by atoms with Gasteiger partial charge in [0.1, 0.15) is 0 Å². The molecule has 0 saturated carbocycles. The van der Waals surface area contributed by atoms with E-state index in [0.29, 0.717) is 11.6 Å². The van der Waals surface area contributed by atoms with Crippen molar-refractivity contribution in [2.45, 2.75) is 32.7 Å². The van der Waals surface area contributed by atoms with Crippen LogP contribution in [0.2, 0.25) is 0 Å². The number of aryl methyl sites for hydroxylation is 1. The van der Waals surface area contributed by atoms with Crippen LogP contribution in [-0.4, -0.2) is 15.7 Å². The van der Waals surface area contributed by atoms with E-state index in [2.05, 4.69) is 24.3 Å². The molecule has 0 aliphatic rings. The molecular formula is C16H19N3O3. The number of carbonyl (C=O) groups excluding carboxylic acids is 1. The van der Waals surface area contributed by atoms with Crippen LogP contribution in [0.3, 0.4) is 0 Å². The smallest absolute Gasteiger partial charge is 0.265 e. The highest BCUT2D eigenvalue weighted by molar-refractivity contribution is 5.90. The van der Waals surface area contributed by atoms with Gasteiger partial charge in [-0.15, -0.1) is 0 Å². The number of aromatic amines is 1.